The molecule has 0 unspecified atom stereocenters. The number of benzene rings is 6. The number of imidazole rings is 1. The number of nitrogens with zero attached hydrogens (tertiary/aromatic N) is 5. The van der Waals surface area contributed by atoms with Crippen molar-refractivity contribution in [2.45, 2.75) is 0 Å². The van der Waals surface area contributed by atoms with Crippen LogP contribution < -0.4 is 4.90 Å². The quantitative estimate of drug-likeness (QED) is 0.186. The Morgan fingerprint density at radius 2 is 0.938 bits per heavy atom. The van der Waals surface area contributed by atoms with Gasteiger partial charge < -0.3 is 0 Å². The molecule has 1 aliphatic heterocycles. The summed E-state index contributed by atoms with van der Waals surface area (Å²) in [6.45, 7) is 0. The molecule has 224 valence electrons. The summed E-state index contributed by atoms with van der Waals surface area (Å²) in [5.41, 5.74) is 13.4. The first-order chi connectivity index (χ1) is 23.8. The topological polar surface area (TPSA) is 46.8 Å². The van der Waals surface area contributed by atoms with Crippen molar-refractivity contribution < 1.29 is 0 Å². The minimum Gasteiger partial charge on any atom is -0.280 e. The lowest BCUT2D eigenvalue weighted by atomic mass is 10.0. The van der Waals surface area contributed by atoms with Crippen LogP contribution in [0.4, 0.5) is 17.3 Å². The highest BCUT2D eigenvalue weighted by Crippen LogP contribution is 2.47. The van der Waals surface area contributed by atoms with E-state index < -0.39 is 0 Å². The molecule has 0 fully saturated rings. The predicted octanol–water partition coefficient (Wildman–Crippen LogP) is 10.9. The second kappa shape index (κ2) is 10.5. The van der Waals surface area contributed by atoms with Crippen molar-refractivity contribution in [3.63, 3.8) is 0 Å². The fourth-order valence-corrected chi connectivity index (χ4v) is 7.04. The summed E-state index contributed by atoms with van der Waals surface area (Å²) in [5, 5.41) is 2.14. The third kappa shape index (κ3) is 4.08. The molecule has 0 saturated carbocycles. The van der Waals surface area contributed by atoms with E-state index in [-0.39, 0.29) is 0 Å². The molecule has 1 aliphatic rings. The van der Waals surface area contributed by atoms with Gasteiger partial charge in [-0.05, 0) is 48.5 Å². The van der Waals surface area contributed by atoms with Gasteiger partial charge in [-0.15, -0.1) is 0 Å². The number of para-hydroxylation sites is 4. The Morgan fingerprint density at radius 3 is 1.65 bits per heavy atom. The van der Waals surface area contributed by atoms with E-state index >= 15 is 0 Å². The maximum absolute atomic E-state index is 5.21. The van der Waals surface area contributed by atoms with E-state index in [2.05, 4.69) is 149 Å². The van der Waals surface area contributed by atoms with E-state index in [4.69, 9.17) is 15.0 Å². The van der Waals surface area contributed by atoms with Gasteiger partial charge in [0.1, 0.15) is 0 Å². The molecule has 0 N–H and O–H groups in total. The van der Waals surface area contributed by atoms with E-state index in [1.165, 1.54) is 5.56 Å². The molecule has 10 rings (SSSR count). The molecule has 5 nitrogen and oxygen atoms in total. The average molecular weight is 614 g/mol. The molecule has 0 saturated heterocycles. The summed E-state index contributed by atoms with van der Waals surface area (Å²) in [5.74, 6) is 0.858. The van der Waals surface area contributed by atoms with Crippen molar-refractivity contribution in [3.05, 3.63) is 164 Å². The van der Waals surface area contributed by atoms with Crippen molar-refractivity contribution in [3.8, 4) is 39.3 Å². The van der Waals surface area contributed by atoms with Gasteiger partial charge in [-0.2, -0.15) is 0 Å². The van der Waals surface area contributed by atoms with E-state index in [1.54, 1.807) is 0 Å². The van der Waals surface area contributed by atoms with E-state index in [0.717, 1.165) is 83.9 Å². The third-order valence-corrected chi connectivity index (χ3v) is 9.33. The molecule has 3 aromatic heterocycles. The van der Waals surface area contributed by atoms with Crippen LogP contribution in [0.3, 0.4) is 0 Å². The van der Waals surface area contributed by atoms with Crippen LogP contribution in [-0.4, -0.2) is 19.5 Å². The molecule has 0 amide bonds. The molecule has 0 radical (unpaired) electrons. The van der Waals surface area contributed by atoms with E-state index in [0.29, 0.717) is 0 Å². The molecule has 6 aromatic carbocycles. The van der Waals surface area contributed by atoms with Crippen LogP contribution in [0.5, 0.6) is 0 Å². The van der Waals surface area contributed by atoms with Crippen molar-refractivity contribution in [1.29, 1.82) is 0 Å². The van der Waals surface area contributed by atoms with Crippen molar-refractivity contribution >= 4 is 50.2 Å². The summed E-state index contributed by atoms with van der Waals surface area (Å²) in [6, 6.07) is 57.2. The Balaban J connectivity index is 1.12. The Morgan fingerprint density at radius 1 is 0.396 bits per heavy atom. The number of pyridine rings is 2. The maximum Gasteiger partial charge on any atom is 0.220 e. The van der Waals surface area contributed by atoms with Crippen LogP contribution in [0.25, 0.3) is 72.2 Å². The molecule has 5 heteroatoms. The summed E-state index contributed by atoms with van der Waals surface area (Å²) in [7, 11) is 0. The summed E-state index contributed by atoms with van der Waals surface area (Å²) < 4.78 is 2.28. The normalized spacial score (nSPS) is 12.1. The van der Waals surface area contributed by atoms with Crippen molar-refractivity contribution in [1.82, 2.24) is 19.5 Å². The highest BCUT2D eigenvalue weighted by Gasteiger charge is 2.28. The minimum atomic E-state index is 0.858. The van der Waals surface area contributed by atoms with Crippen LogP contribution in [0, 0.1) is 0 Å². The van der Waals surface area contributed by atoms with Crippen molar-refractivity contribution in [2.24, 2.45) is 0 Å². The second-order valence-electron chi connectivity index (χ2n) is 12.1. The SMILES string of the molecule is c1ccc(-c2ccc3ccc4ccc(-c5ccc(N6c7ccccc7-c7ccccc7-n7c6nc6ccccc67)cc5)nc4c3n2)cc1. The molecule has 9 aromatic rings. The zero-order valence-electron chi connectivity index (χ0n) is 25.8. The monoisotopic (exact) mass is 613 g/mol. The molecule has 4 heterocycles. The third-order valence-electron chi connectivity index (χ3n) is 9.33. The zero-order valence-corrected chi connectivity index (χ0v) is 25.8. The predicted molar refractivity (Wildman–Crippen MR) is 196 cm³/mol. The van der Waals surface area contributed by atoms with E-state index in [1.807, 2.05) is 24.3 Å². The Kier molecular flexibility index (Phi) is 5.81. The Bertz CT molecular complexity index is 2680. The van der Waals surface area contributed by atoms with Crippen LogP contribution in [0.1, 0.15) is 0 Å². The highest BCUT2D eigenvalue weighted by molar-refractivity contribution is 6.04. The Labute approximate surface area is 277 Å². The Hall–Kier alpha value is -6.59. The molecule has 0 spiro atoms. The molecular weight excluding hydrogens is 587 g/mol. The fraction of sp³-hybridized carbons (Fsp3) is 0. The van der Waals surface area contributed by atoms with E-state index in [9.17, 15) is 0 Å². The lowest BCUT2D eigenvalue weighted by Gasteiger charge is -2.24. The van der Waals surface area contributed by atoms with Gasteiger partial charge in [0, 0.05) is 38.7 Å². The van der Waals surface area contributed by atoms with Gasteiger partial charge >= 0.3 is 0 Å². The number of rotatable bonds is 3. The zero-order chi connectivity index (χ0) is 31.6. The smallest absolute Gasteiger partial charge is 0.220 e. The summed E-state index contributed by atoms with van der Waals surface area (Å²) in [6.07, 6.45) is 0. The summed E-state index contributed by atoms with van der Waals surface area (Å²) in [4.78, 5) is 17.8. The minimum absolute atomic E-state index is 0.858. The average Bonchev–Trinajstić information content (AvgIpc) is 3.49. The van der Waals surface area contributed by atoms with Crippen LogP contribution in [-0.2, 0) is 0 Å². The van der Waals surface area contributed by atoms with Crippen LogP contribution >= 0.6 is 0 Å². The van der Waals surface area contributed by atoms with Crippen LogP contribution in [0.15, 0.2) is 164 Å². The van der Waals surface area contributed by atoms with Gasteiger partial charge in [-0.1, -0.05) is 115 Å². The van der Waals surface area contributed by atoms with Gasteiger partial charge in [0.15, 0.2) is 0 Å². The fourth-order valence-electron chi connectivity index (χ4n) is 7.04. The first kappa shape index (κ1) is 26.6. The van der Waals surface area contributed by atoms with Gasteiger partial charge in [0.05, 0.1) is 44.8 Å². The number of hydrogen-bond donors (Lipinski definition) is 0. The summed E-state index contributed by atoms with van der Waals surface area (Å²) >= 11 is 0. The number of aromatic nitrogens is 4. The van der Waals surface area contributed by atoms with Gasteiger partial charge in [0.2, 0.25) is 5.95 Å². The van der Waals surface area contributed by atoms with Crippen molar-refractivity contribution in [2.75, 3.05) is 4.90 Å². The molecule has 0 bridgehead atoms. The van der Waals surface area contributed by atoms with Gasteiger partial charge in [-0.25, -0.2) is 15.0 Å². The number of anilines is 3. The maximum atomic E-state index is 5.21. The van der Waals surface area contributed by atoms with Gasteiger partial charge in [0.25, 0.3) is 0 Å². The highest BCUT2D eigenvalue weighted by atomic mass is 15.3. The largest absolute Gasteiger partial charge is 0.280 e. The standard InChI is InChI=1S/C43H27N5/c1-2-10-28(11-3-1)35-26-22-30-18-19-31-23-27-36(45-42(31)41(30)44-35)29-20-24-32(25-21-29)47-38-15-7-4-12-33(38)34-13-5-8-16-39(34)48-40-17-9-6-14-37(40)46-43(47)48/h1-27H. The lowest BCUT2D eigenvalue weighted by Crippen LogP contribution is -2.14. The number of fused-ring (bicyclic) bond motifs is 10. The molecular formula is C43H27N5. The molecule has 0 aliphatic carbocycles. The van der Waals surface area contributed by atoms with Crippen LogP contribution in [0.2, 0.25) is 0 Å². The first-order valence-corrected chi connectivity index (χ1v) is 16.1. The van der Waals surface area contributed by atoms with Gasteiger partial charge in [-0.3, -0.25) is 9.47 Å². The first-order valence-electron chi connectivity index (χ1n) is 16.1. The number of hydrogen-bond acceptors (Lipinski definition) is 4. The lowest BCUT2D eigenvalue weighted by molar-refractivity contribution is 1.05. The molecule has 0 atom stereocenters. The second-order valence-corrected chi connectivity index (χ2v) is 12.1. The molecule has 48 heavy (non-hydrogen) atoms.